The summed E-state index contributed by atoms with van der Waals surface area (Å²) in [4.78, 5) is 14.9. The highest BCUT2D eigenvalue weighted by Crippen LogP contribution is 2.39. The van der Waals surface area contributed by atoms with Crippen LogP contribution in [0.25, 0.3) is 6.08 Å². The predicted octanol–water partition coefficient (Wildman–Crippen LogP) is 4.10. The molecule has 3 rings (SSSR count). The minimum absolute atomic E-state index is 0.0515. The maximum absolute atomic E-state index is 13.0. The molecule has 1 atom stereocenters. The average Bonchev–Trinajstić information content (AvgIpc) is 3.26. The molecule has 1 amide bonds. The number of likely N-dealkylation sites (tertiary alicyclic amines) is 1. The quantitative estimate of drug-likeness (QED) is 0.659. The van der Waals surface area contributed by atoms with E-state index in [9.17, 15) is 4.79 Å². The zero-order chi connectivity index (χ0) is 20.8. The van der Waals surface area contributed by atoms with E-state index < -0.39 is 0 Å². The number of rotatable bonds is 7. The monoisotopic (exact) mass is 397 g/mol. The number of ether oxygens (including phenoxy) is 4. The highest BCUT2D eigenvalue weighted by Gasteiger charge is 2.31. The summed E-state index contributed by atoms with van der Waals surface area (Å²) in [5, 5.41) is 0. The number of hydrogen-bond donors (Lipinski definition) is 0. The Labute approximate surface area is 171 Å². The van der Waals surface area contributed by atoms with Crippen LogP contribution in [0.1, 0.15) is 30.0 Å². The second-order valence-corrected chi connectivity index (χ2v) is 6.74. The third-order valence-corrected chi connectivity index (χ3v) is 5.17. The van der Waals surface area contributed by atoms with Crippen LogP contribution in [0.3, 0.4) is 0 Å². The van der Waals surface area contributed by atoms with Crippen LogP contribution in [0.15, 0.2) is 42.5 Å². The fourth-order valence-electron chi connectivity index (χ4n) is 3.68. The van der Waals surface area contributed by atoms with Gasteiger partial charge in [0.25, 0.3) is 0 Å². The Balaban J connectivity index is 1.85. The maximum atomic E-state index is 13.0. The lowest BCUT2D eigenvalue weighted by molar-refractivity contribution is -0.126. The minimum atomic E-state index is -0.0535. The molecular weight excluding hydrogens is 370 g/mol. The molecule has 0 spiro atoms. The van der Waals surface area contributed by atoms with Gasteiger partial charge in [0, 0.05) is 23.7 Å². The van der Waals surface area contributed by atoms with E-state index in [1.807, 2.05) is 41.3 Å². The zero-order valence-corrected chi connectivity index (χ0v) is 17.3. The average molecular weight is 397 g/mol. The number of carbonyl (C=O) groups is 1. The predicted molar refractivity (Wildman–Crippen MR) is 112 cm³/mol. The van der Waals surface area contributed by atoms with Gasteiger partial charge in [-0.3, -0.25) is 4.79 Å². The molecule has 0 saturated carbocycles. The molecule has 6 heteroatoms. The lowest BCUT2D eigenvalue weighted by atomic mass is 10.0. The SMILES string of the molecule is COc1ccc(OC)c(/C=C/C(=O)N2CCCC2c2cc(OC)ccc2OC)c1. The third kappa shape index (κ3) is 4.47. The van der Waals surface area contributed by atoms with E-state index in [2.05, 4.69) is 0 Å². The first kappa shape index (κ1) is 20.6. The maximum Gasteiger partial charge on any atom is 0.247 e. The molecule has 29 heavy (non-hydrogen) atoms. The molecule has 1 aliphatic heterocycles. The summed E-state index contributed by atoms with van der Waals surface area (Å²) in [6.07, 6.45) is 5.17. The Morgan fingerprint density at radius 3 is 2.24 bits per heavy atom. The summed E-state index contributed by atoms with van der Waals surface area (Å²) in [6, 6.07) is 11.1. The fourth-order valence-corrected chi connectivity index (χ4v) is 3.68. The van der Waals surface area contributed by atoms with Crippen LogP contribution in [0.4, 0.5) is 0 Å². The highest BCUT2D eigenvalue weighted by molar-refractivity contribution is 5.92. The molecule has 1 aliphatic rings. The number of benzene rings is 2. The van der Waals surface area contributed by atoms with Crippen LogP contribution in [-0.2, 0) is 4.79 Å². The molecule has 0 aromatic heterocycles. The van der Waals surface area contributed by atoms with Gasteiger partial charge in [-0.15, -0.1) is 0 Å². The Morgan fingerprint density at radius 1 is 0.931 bits per heavy atom. The number of amides is 1. The standard InChI is InChI=1S/C23H27NO5/c1-26-17-8-10-21(28-3)16(14-17)7-12-23(25)24-13-5-6-20(24)19-15-18(27-2)9-11-22(19)29-4/h7-12,14-15,20H,5-6,13H2,1-4H3/b12-7+. The smallest absolute Gasteiger partial charge is 0.247 e. The van der Waals surface area contributed by atoms with Crippen molar-refractivity contribution in [3.05, 3.63) is 53.6 Å². The lowest BCUT2D eigenvalue weighted by Crippen LogP contribution is -2.29. The molecule has 154 valence electrons. The Kier molecular flexibility index (Phi) is 6.65. The third-order valence-electron chi connectivity index (χ3n) is 5.17. The first-order valence-corrected chi connectivity index (χ1v) is 9.54. The fraction of sp³-hybridized carbons (Fsp3) is 0.348. The van der Waals surface area contributed by atoms with Gasteiger partial charge >= 0.3 is 0 Å². The van der Waals surface area contributed by atoms with Gasteiger partial charge < -0.3 is 23.8 Å². The van der Waals surface area contributed by atoms with Crippen LogP contribution < -0.4 is 18.9 Å². The molecule has 1 fully saturated rings. The normalized spacial score (nSPS) is 16.1. The van der Waals surface area contributed by atoms with E-state index >= 15 is 0 Å². The molecule has 0 N–H and O–H groups in total. The van der Waals surface area contributed by atoms with E-state index in [0.29, 0.717) is 18.0 Å². The molecule has 2 aromatic carbocycles. The van der Waals surface area contributed by atoms with E-state index in [-0.39, 0.29) is 11.9 Å². The van der Waals surface area contributed by atoms with Crippen LogP contribution in [0.5, 0.6) is 23.0 Å². The second kappa shape index (κ2) is 9.37. The van der Waals surface area contributed by atoms with Crippen molar-refractivity contribution in [3.63, 3.8) is 0 Å². The van der Waals surface area contributed by atoms with Crippen LogP contribution >= 0.6 is 0 Å². The summed E-state index contributed by atoms with van der Waals surface area (Å²) in [6.45, 7) is 0.698. The zero-order valence-electron chi connectivity index (χ0n) is 17.3. The molecule has 6 nitrogen and oxygen atoms in total. The molecule has 1 heterocycles. The summed E-state index contributed by atoms with van der Waals surface area (Å²) in [5.41, 5.74) is 1.75. The number of carbonyl (C=O) groups excluding carboxylic acids is 1. The van der Waals surface area contributed by atoms with E-state index in [1.165, 1.54) is 0 Å². The van der Waals surface area contributed by atoms with E-state index in [1.54, 1.807) is 40.6 Å². The number of methoxy groups -OCH3 is 4. The molecule has 0 radical (unpaired) electrons. The van der Waals surface area contributed by atoms with Crippen molar-refractivity contribution in [3.8, 4) is 23.0 Å². The van der Waals surface area contributed by atoms with Crippen molar-refractivity contribution >= 4 is 12.0 Å². The van der Waals surface area contributed by atoms with Gasteiger partial charge in [0.05, 0.1) is 34.5 Å². The molecule has 0 aliphatic carbocycles. The van der Waals surface area contributed by atoms with Crippen LogP contribution in [0.2, 0.25) is 0 Å². The molecule has 0 bridgehead atoms. The first-order chi connectivity index (χ1) is 14.1. The first-order valence-electron chi connectivity index (χ1n) is 9.54. The van der Waals surface area contributed by atoms with Gasteiger partial charge in [-0.2, -0.15) is 0 Å². The highest BCUT2D eigenvalue weighted by atomic mass is 16.5. The van der Waals surface area contributed by atoms with Crippen LogP contribution in [0, 0.1) is 0 Å². The summed E-state index contributed by atoms with van der Waals surface area (Å²) in [5.74, 6) is 2.84. The lowest BCUT2D eigenvalue weighted by Gasteiger charge is -2.25. The molecular formula is C23H27NO5. The molecule has 2 aromatic rings. The summed E-state index contributed by atoms with van der Waals surface area (Å²) >= 11 is 0. The van der Waals surface area contributed by atoms with Crippen LogP contribution in [-0.4, -0.2) is 45.8 Å². The van der Waals surface area contributed by atoms with Gasteiger partial charge in [0.2, 0.25) is 5.91 Å². The van der Waals surface area contributed by atoms with Crippen molar-refractivity contribution < 1.29 is 23.7 Å². The number of hydrogen-bond acceptors (Lipinski definition) is 5. The Hall–Kier alpha value is -3.15. The van der Waals surface area contributed by atoms with Gasteiger partial charge in [0.15, 0.2) is 0 Å². The van der Waals surface area contributed by atoms with Crippen molar-refractivity contribution in [2.45, 2.75) is 18.9 Å². The van der Waals surface area contributed by atoms with Crippen molar-refractivity contribution in [2.24, 2.45) is 0 Å². The summed E-state index contributed by atoms with van der Waals surface area (Å²) < 4.78 is 21.6. The van der Waals surface area contributed by atoms with Gasteiger partial charge in [0.1, 0.15) is 23.0 Å². The summed E-state index contributed by atoms with van der Waals surface area (Å²) in [7, 11) is 6.48. The van der Waals surface area contributed by atoms with Crippen molar-refractivity contribution in [1.82, 2.24) is 4.90 Å². The Bertz CT molecular complexity index is 893. The van der Waals surface area contributed by atoms with Crippen molar-refractivity contribution in [2.75, 3.05) is 35.0 Å². The topological polar surface area (TPSA) is 57.2 Å². The molecule has 1 unspecified atom stereocenters. The van der Waals surface area contributed by atoms with Gasteiger partial charge in [-0.25, -0.2) is 0 Å². The molecule has 1 saturated heterocycles. The van der Waals surface area contributed by atoms with E-state index in [0.717, 1.165) is 35.5 Å². The Morgan fingerprint density at radius 2 is 1.59 bits per heavy atom. The van der Waals surface area contributed by atoms with Gasteiger partial charge in [-0.1, -0.05) is 0 Å². The van der Waals surface area contributed by atoms with Gasteiger partial charge in [-0.05, 0) is 55.3 Å². The minimum Gasteiger partial charge on any atom is -0.497 e. The second-order valence-electron chi connectivity index (χ2n) is 6.74. The number of nitrogens with zero attached hydrogens (tertiary/aromatic N) is 1. The van der Waals surface area contributed by atoms with Crippen molar-refractivity contribution in [1.29, 1.82) is 0 Å². The van der Waals surface area contributed by atoms with E-state index in [4.69, 9.17) is 18.9 Å². The largest absolute Gasteiger partial charge is 0.497 e.